The third-order valence-electron chi connectivity index (χ3n) is 5.55. The van der Waals surface area contributed by atoms with Crippen LogP contribution < -0.4 is 0 Å². The van der Waals surface area contributed by atoms with Crippen molar-refractivity contribution in [3.05, 3.63) is 101 Å². The molecule has 3 aromatic carbocycles. The van der Waals surface area contributed by atoms with E-state index in [-0.39, 0.29) is 0 Å². The average Bonchev–Trinajstić information content (AvgIpc) is 2.69. The maximum Gasteiger partial charge on any atom is -0.0154 e. The third kappa shape index (κ3) is 3.53. The number of benzene rings is 3. The number of allylic oxidation sites excluding steroid dienone is 4. The van der Waals surface area contributed by atoms with Gasteiger partial charge in [0.1, 0.15) is 0 Å². The molecule has 0 fully saturated rings. The molecule has 0 heteroatoms. The normalized spacial score (nSPS) is 13.9. The molecule has 4 rings (SSSR count). The summed E-state index contributed by atoms with van der Waals surface area (Å²) < 4.78 is 0. The first kappa shape index (κ1) is 17.5. The molecule has 1 aliphatic rings. The van der Waals surface area contributed by atoms with E-state index in [0.29, 0.717) is 0 Å². The lowest BCUT2D eigenvalue weighted by Gasteiger charge is -2.18. The summed E-state index contributed by atoms with van der Waals surface area (Å²) in [5, 5.41) is 0. The van der Waals surface area contributed by atoms with Crippen molar-refractivity contribution in [2.75, 3.05) is 0 Å². The second-order valence-corrected chi connectivity index (χ2v) is 7.51. The topological polar surface area (TPSA) is 0 Å². The minimum atomic E-state index is 1.13. The fourth-order valence-electron chi connectivity index (χ4n) is 4.03. The van der Waals surface area contributed by atoms with Gasteiger partial charge in [-0.3, -0.25) is 0 Å². The fourth-order valence-corrected chi connectivity index (χ4v) is 4.03. The highest BCUT2D eigenvalue weighted by Crippen LogP contribution is 2.36. The van der Waals surface area contributed by atoms with E-state index in [9.17, 15) is 0 Å². The van der Waals surface area contributed by atoms with Crippen LogP contribution in [0, 0.1) is 13.8 Å². The van der Waals surface area contributed by atoms with E-state index in [2.05, 4.69) is 99.7 Å². The Morgan fingerprint density at radius 3 is 1.56 bits per heavy atom. The summed E-state index contributed by atoms with van der Waals surface area (Å²) in [5.41, 5.74) is 11.9. The van der Waals surface area contributed by atoms with Gasteiger partial charge in [0.25, 0.3) is 0 Å². The van der Waals surface area contributed by atoms with E-state index < -0.39 is 0 Å². The molecule has 0 N–H and O–H groups in total. The Hall–Kier alpha value is -2.86. The second-order valence-electron chi connectivity index (χ2n) is 7.51. The first-order valence-corrected chi connectivity index (χ1v) is 9.78. The van der Waals surface area contributed by atoms with Crippen molar-refractivity contribution in [2.45, 2.75) is 33.6 Å². The summed E-state index contributed by atoms with van der Waals surface area (Å²) in [6, 6.07) is 24.4. The van der Waals surface area contributed by atoms with Gasteiger partial charge in [-0.25, -0.2) is 0 Å². The number of hydrogen-bond acceptors (Lipinski definition) is 0. The van der Waals surface area contributed by atoms with Crippen molar-refractivity contribution in [2.24, 2.45) is 0 Å². The standard InChI is InChI=1S/C27H26/c1-19-10-4-7-13-25(19)22-16-23(26-14-8-5-11-20(26)2)18-24(17-22)27-15-9-6-12-21(27)3/h4-5,7-8,10-18H,6,9H2,1-3H3. The van der Waals surface area contributed by atoms with Gasteiger partial charge in [-0.05, 0) is 102 Å². The van der Waals surface area contributed by atoms with E-state index in [1.165, 1.54) is 50.1 Å². The van der Waals surface area contributed by atoms with Crippen LogP contribution in [0.3, 0.4) is 0 Å². The molecule has 0 unspecified atom stereocenters. The van der Waals surface area contributed by atoms with Crippen LogP contribution in [0.4, 0.5) is 0 Å². The Bertz CT molecular complexity index is 983. The lowest BCUT2D eigenvalue weighted by molar-refractivity contribution is 1.02. The second kappa shape index (κ2) is 7.40. The van der Waals surface area contributed by atoms with Crippen LogP contribution in [0.25, 0.3) is 27.8 Å². The molecule has 0 bridgehead atoms. The first-order chi connectivity index (χ1) is 13.1. The molecule has 0 amide bonds. The molecule has 0 radical (unpaired) electrons. The van der Waals surface area contributed by atoms with E-state index in [0.717, 1.165) is 12.8 Å². The van der Waals surface area contributed by atoms with Crippen LogP contribution >= 0.6 is 0 Å². The van der Waals surface area contributed by atoms with Crippen molar-refractivity contribution in [3.8, 4) is 22.3 Å². The van der Waals surface area contributed by atoms with Crippen molar-refractivity contribution in [1.82, 2.24) is 0 Å². The monoisotopic (exact) mass is 350 g/mol. The number of hydrogen-bond donors (Lipinski definition) is 0. The van der Waals surface area contributed by atoms with Gasteiger partial charge in [-0.1, -0.05) is 60.7 Å². The highest BCUT2D eigenvalue weighted by molar-refractivity contribution is 5.86. The molecule has 0 heterocycles. The predicted molar refractivity (Wildman–Crippen MR) is 118 cm³/mol. The maximum absolute atomic E-state index is 2.40. The first-order valence-electron chi connectivity index (χ1n) is 9.78. The van der Waals surface area contributed by atoms with Gasteiger partial charge in [-0.2, -0.15) is 0 Å². The van der Waals surface area contributed by atoms with E-state index >= 15 is 0 Å². The summed E-state index contributed by atoms with van der Waals surface area (Å²) >= 11 is 0. The minimum absolute atomic E-state index is 1.13. The number of aryl methyl sites for hydroxylation is 2. The molecule has 3 aromatic rings. The van der Waals surface area contributed by atoms with E-state index in [4.69, 9.17) is 0 Å². The SMILES string of the molecule is CC1=CCCC=C1c1cc(-c2ccccc2C)cc(-c2ccccc2C)c1. The summed E-state index contributed by atoms with van der Waals surface area (Å²) in [5.74, 6) is 0. The van der Waals surface area contributed by atoms with Crippen LogP contribution in [-0.2, 0) is 0 Å². The maximum atomic E-state index is 2.40. The van der Waals surface area contributed by atoms with Crippen molar-refractivity contribution >= 4 is 5.57 Å². The van der Waals surface area contributed by atoms with Gasteiger partial charge in [0.2, 0.25) is 0 Å². The molecule has 0 saturated carbocycles. The van der Waals surface area contributed by atoms with Crippen LogP contribution in [0.2, 0.25) is 0 Å². The predicted octanol–water partition coefficient (Wildman–Crippen LogP) is 7.76. The third-order valence-corrected chi connectivity index (χ3v) is 5.55. The molecule has 134 valence electrons. The van der Waals surface area contributed by atoms with Crippen molar-refractivity contribution < 1.29 is 0 Å². The zero-order valence-corrected chi connectivity index (χ0v) is 16.4. The zero-order chi connectivity index (χ0) is 18.8. The molecule has 0 atom stereocenters. The van der Waals surface area contributed by atoms with Crippen LogP contribution in [0.15, 0.2) is 84.5 Å². The lowest BCUT2D eigenvalue weighted by atomic mass is 9.87. The summed E-state index contributed by atoms with van der Waals surface area (Å²) in [4.78, 5) is 0. The fraction of sp³-hybridized carbons (Fsp3) is 0.185. The van der Waals surface area contributed by atoms with Gasteiger partial charge in [0, 0.05) is 0 Å². The zero-order valence-electron chi connectivity index (χ0n) is 16.4. The minimum Gasteiger partial charge on any atom is -0.0807 e. The van der Waals surface area contributed by atoms with Gasteiger partial charge in [-0.15, -0.1) is 0 Å². The van der Waals surface area contributed by atoms with Crippen LogP contribution in [0.5, 0.6) is 0 Å². The van der Waals surface area contributed by atoms with Crippen LogP contribution in [0.1, 0.15) is 36.5 Å². The Balaban J connectivity index is 1.95. The summed E-state index contributed by atoms with van der Waals surface area (Å²) in [6.07, 6.45) is 7.04. The molecular formula is C27H26. The summed E-state index contributed by atoms with van der Waals surface area (Å²) in [6.45, 7) is 6.62. The molecule has 0 saturated heterocycles. The largest absolute Gasteiger partial charge is 0.0807 e. The number of rotatable bonds is 3. The highest BCUT2D eigenvalue weighted by atomic mass is 14.2. The quantitative estimate of drug-likeness (QED) is 0.453. The van der Waals surface area contributed by atoms with Gasteiger partial charge >= 0.3 is 0 Å². The summed E-state index contributed by atoms with van der Waals surface area (Å²) in [7, 11) is 0. The van der Waals surface area contributed by atoms with Gasteiger partial charge in [0.15, 0.2) is 0 Å². The Morgan fingerprint density at radius 2 is 1.04 bits per heavy atom. The Morgan fingerprint density at radius 1 is 0.556 bits per heavy atom. The average molecular weight is 351 g/mol. The highest BCUT2D eigenvalue weighted by Gasteiger charge is 2.13. The Labute approximate surface area is 162 Å². The van der Waals surface area contributed by atoms with Crippen molar-refractivity contribution in [3.63, 3.8) is 0 Å². The van der Waals surface area contributed by atoms with E-state index in [1.807, 2.05) is 0 Å². The van der Waals surface area contributed by atoms with Crippen LogP contribution in [-0.4, -0.2) is 0 Å². The molecular weight excluding hydrogens is 324 g/mol. The van der Waals surface area contributed by atoms with Gasteiger partial charge < -0.3 is 0 Å². The molecule has 27 heavy (non-hydrogen) atoms. The van der Waals surface area contributed by atoms with Crippen molar-refractivity contribution in [1.29, 1.82) is 0 Å². The molecule has 0 aliphatic heterocycles. The lowest BCUT2D eigenvalue weighted by Crippen LogP contribution is -1.95. The molecule has 0 nitrogen and oxygen atoms in total. The molecule has 1 aliphatic carbocycles. The molecule has 0 aromatic heterocycles. The van der Waals surface area contributed by atoms with E-state index in [1.54, 1.807) is 0 Å². The Kier molecular flexibility index (Phi) is 4.81. The smallest absolute Gasteiger partial charge is 0.0154 e. The molecule has 0 spiro atoms. The van der Waals surface area contributed by atoms with Gasteiger partial charge in [0.05, 0.1) is 0 Å².